The van der Waals surface area contributed by atoms with Crippen molar-refractivity contribution in [3.8, 4) is 0 Å². The molecule has 1 saturated carbocycles. The Morgan fingerprint density at radius 3 is 2.95 bits per heavy atom. The maximum atomic E-state index is 12.5. The van der Waals surface area contributed by atoms with Gasteiger partial charge in [0.25, 0.3) is 0 Å². The molecule has 0 bridgehead atoms. The molecular weight excluding hydrogens is 324 g/mol. The fourth-order valence-corrected chi connectivity index (χ4v) is 5.95. The van der Waals surface area contributed by atoms with Gasteiger partial charge in [-0.3, -0.25) is 0 Å². The highest BCUT2D eigenvalue weighted by atomic mass is 32.2. The highest BCUT2D eigenvalue weighted by molar-refractivity contribution is 7.99. The molecule has 1 aromatic rings. The van der Waals surface area contributed by atoms with Crippen molar-refractivity contribution < 1.29 is 8.42 Å². The van der Waals surface area contributed by atoms with Crippen molar-refractivity contribution >= 4 is 33.1 Å². The van der Waals surface area contributed by atoms with E-state index in [2.05, 4.69) is 16.3 Å². The van der Waals surface area contributed by atoms with E-state index in [0.29, 0.717) is 10.1 Å². The molecule has 21 heavy (non-hydrogen) atoms. The minimum atomic E-state index is -3.37. The van der Waals surface area contributed by atoms with Crippen molar-refractivity contribution in [2.45, 2.75) is 55.3 Å². The summed E-state index contributed by atoms with van der Waals surface area (Å²) in [5.41, 5.74) is 0. The van der Waals surface area contributed by atoms with Crippen molar-refractivity contribution in [3.63, 3.8) is 0 Å². The summed E-state index contributed by atoms with van der Waals surface area (Å²) < 4.78 is 27.8. The van der Waals surface area contributed by atoms with Crippen LogP contribution in [0, 0.1) is 0 Å². The molecule has 1 heterocycles. The summed E-state index contributed by atoms with van der Waals surface area (Å²) in [6.07, 6.45) is 6.30. The van der Waals surface area contributed by atoms with E-state index in [1.807, 2.05) is 18.7 Å². The van der Waals surface area contributed by atoms with Crippen LogP contribution in [0.3, 0.4) is 0 Å². The molecule has 0 spiro atoms. The Labute approximate surface area is 136 Å². The molecule has 120 valence electrons. The molecule has 1 aliphatic carbocycles. The van der Waals surface area contributed by atoms with Crippen LogP contribution in [0.5, 0.6) is 0 Å². The van der Waals surface area contributed by atoms with Crippen LogP contribution in [0.15, 0.2) is 16.3 Å². The van der Waals surface area contributed by atoms with Crippen molar-refractivity contribution in [3.05, 3.63) is 16.3 Å². The van der Waals surface area contributed by atoms with Gasteiger partial charge in [0.15, 0.2) is 0 Å². The SMILES string of the molecule is CCNCc1cc(S(=O)(=O)NC2CCCC(SC)C2)cs1. The quantitative estimate of drug-likeness (QED) is 0.795. The Morgan fingerprint density at radius 1 is 1.43 bits per heavy atom. The lowest BCUT2D eigenvalue weighted by Crippen LogP contribution is -2.38. The van der Waals surface area contributed by atoms with Crippen LogP contribution in [-0.2, 0) is 16.6 Å². The van der Waals surface area contributed by atoms with Crippen molar-refractivity contribution in [2.24, 2.45) is 0 Å². The molecule has 1 aromatic heterocycles. The molecule has 0 aromatic carbocycles. The lowest BCUT2D eigenvalue weighted by molar-refractivity contribution is 0.421. The maximum absolute atomic E-state index is 12.5. The molecule has 1 aliphatic rings. The van der Waals surface area contributed by atoms with Gasteiger partial charge in [-0.15, -0.1) is 11.3 Å². The molecule has 2 rings (SSSR count). The highest BCUT2D eigenvalue weighted by Crippen LogP contribution is 2.28. The Kier molecular flexibility index (Phi) is 6.55. The number of nitrogens with one attached hydrogen (secondary N) is 2. The molecular formula is C14H24N2O2S3. The lowest BCUT2D eigenvalue weighted by atomic mass is 9.96. The number of sulfonamides is 1. The molecule has 7 heteroatoms. The van der Waals surface area contributed by atoms with E-state index in [1.165, 1.54) is 17.8 Å². The number of hydrogen-bond donors (Lipinski definition) is 2. The normalized spacial score (nSPS) is 23.3. The fourth-order valence-electron chi connectivity index (χ4n) is 2.60. The predicted molar refractivity (Wildman–Crippen MR) is 91.6 cm³/mol. The predicted octanol–water partition coefficient (Wildman–Crippen LogP) is 2.81. The van der Waals surface area contributed by atoms with Gasteiger partial charge in [0, 0.05) is 28.1 Å². The highest BCUT2D eigenvalue weighted by Gasteiger charge is 2.26. The summed E-state index contributed by atoms with van der Waals surface area (Å²) in [5, 5.41) is 5.54. The molecule has 2 N–H and O–H groups in total. The van der Waals surface area contributed by atoms with Crippen LogP contribution in [0.25, 0.3) is 0 Å². The largest absolute Gasteiger partial charge is 0.312 e. The first-order valence-corrected chi connectivity index (χ1v) is 11.0. The van der Waals surface area contributed by atoms with Crippen LogP contribution in [0.4, 0.5) is 0 Å². The standard InChI is InChI=1S/C14H24N2O2S3/c1-3-15-9-13-8-14(10-20-13)21(17,18)16-11-5-4-6-12(7-11)19-2/h8,10-12,15-16H,3-7,9H2,1-2H3. The Balaban J connectivity index is 1.99. The van der Waals surface area contributed by atoms with Gasteiger partial charge in [0.2, 0.25) is 10.0 Å². The van der Waals surface area contributed by atoms with Crippen LogP contribution >= 0.6 is 23.1 Å². The molecule has 0 radical (unpaired) electrons. The van der Waals surface area contributed by atoms with Gasteiger partial charge < -0.3 is 5.32 Å². The van der Waals surface area contributed by atoms with Gasteiger partial charge in [-0.25, -0.2) is 13.1 Å². The van der Waals surface area contributed by atoms with Gasteiger partial charge in [-0.2, -0.15) is 11.8 Å². The second-order valence-corrected chi connectivity index (χ2v) is 9.22. The zero-order valence-corrected chi connectivity index (χ0v) is 15.0. The maximum Gasteiger partial charge on any atom is 0.241 e. The van der Waals surface area contributed by atoms with Crippen LogP contribution in [-0.4, -0.2) is 32.5 Å². The third-order valence-corrected chi connectivity index (χ3v) is 7.45. The molecule has 2 unspecified atom stereocenters. The van der Waals surface area contributed by atoms with Gasteiger partial charge in [0.1, 0.15) is 0 Å². The molecule has 0 saturated heterocycles. The molecule has 1 fully saturated rings. The minimum Gasteiger partial charge on any atom is -0.312 e. The topological polar surface area (TPSA) is 58.2 Å². The number of hydrogen-bond acceptors (Lipinski definition) is 5. The van der Waals surface area contributed by atoms with E-state index in [9.17, 15) is 8.42 Å². The zero-order chi connectivity index (χ0) is 15.3. The van der Waals surface area contributed by atoms with Crippen molar-refractivity contribution in [2.75, 3.05) is 12.8 Å². The lowest BCUT2D eigenvalue weighted by Gasteiger charge is -2.28. The third kappa shape index (κ3) is 4.96. The first kappa shape index (κ1) is 17.3. The summed E-state index contributed by atoms with van der Waals surface area (Å²) in [4.78, 5) is 1.47. The first-order valence-electron chi connectivity index (χ1n) is 7.38. The summed E-state index contributed by atoms with van der Waals surface area (Å²) in [5.74, 6) is 0. The summed E-state index contributed by atoms with van der Waals surface area (Å²) in [6, 6.07) is 1.86. The molecule has 0 amide bonds. The van der Waals surface area contributed by atoms with Crippen molar-refractivity contribution in [1.29, 1.82) is 0 Å². The van der Waals surface area contributed by atoms with Gasteiger partial charge in [-0.05, 0) is 38.1 Å². The van der Waals surface area contributed by atoms with E-state index < -0.39 is 10.0 Å². The Bertz CT molecular complexity index is 542. The second kappa shape index (κ2) is 7.97. The zero-order valence-electron chi connectivity index (χ0n) is 12.6. The Morgan fingerprint density at radius 2 is 2.24 bits per heavy atom. The van der Waals surface area contributed by atoms with Crippen molar-refractivity contribution in [1.82, 2.24) is 10.0 Å². The monoisotopic (exact) mass is 348 g/mol. The van der Waals surface area contributed by atoms with Gasteiger partial charge >= 0.3 is 0 Å². The van der Waals surface area contributed by atoms with E-state index in [-0.39, 0.29) is 6.04 Å². The molecule has 0 aliphatic heterocycles. The smallest absolute Gasteiger partial charge is 0.241 e. The van der Waals surface area contributed by atoms with E-state index in [0.717, 1.165) is 37.2 Å². The van der Waals surface area contributed by atoms with Crippen LogP contribution in [0.2, 0.25) is 0 Å². The third-order valence-electron chi connectivity index (χ3n) is 3.77. The van der Waals surface area contributed by atoms with Gasteiger partial charge in [0.05, 0.1) is 4.90 Å². The van der Waals surface area contributed by atoms with Crippen LogP contribution < -0.4 is 10.0 Å². The van der Waals surface area contributed by atoms with E-state index >= 15 is 0 Å². The minimum absolute atomic E-state index is 0.0818. The number of rotatable bonds is 7. The van der Waals surface area contributed by atoms with Gasteiger partial charge in [-0.1, -0.05) is 13.3 Å². The fraction of sp³-hybridized carbons (Fsp3) is 0.714. The first-order chi connectivity index (χ1) is 10.0. The van der Waals surface area contributed by atoms with E-state index in [4.69, 9.17) is 0 Å². The summed E-state index contributed by atoms with van der Waals surface area (Å²) in [7, 11) is -3.37. The summed E-state index contributed by atoms with van der Waals surface area (Å²) >= 11 is 3.34. The Hall–Kier alpha value is -0.0800. The molecule has 4 nitrogen and oxygen atoms in total. The number of thioether (sulfide) groups is 1. The van der Waals surface area contributed by atoms with Crippen LogP contribution in [0.1, 0.15) is 37.5 Å². The summed E-state index contributed by atoms with van der Waals surface area (Å²) in [6.45, 7) is 3.66. The van der Waals surface area contributed by atoms with E-state index in [1.54, 1.807) is 11.4 Å². The second-order valence-electron chi connectivity index (χ2n) is 5.37. The number of thiophene rings is 1. The average molecular weight is 349 g/mol. The molecule has 2 atom stereocenters. The average Bonchev–Trinajstić information content (AvgIpc) is 2.94.